The van der Waals surface area contributed by atoms with Crippen LogP contribution in [0.5, 0.6) is 0 Å². The number of sulfone groups is 1. The minimum Gasteiger partial charge on any atom is -0.376 e. The summed E-state index contributed by atoms with van der Waals surface area (Å²) in [7, 11) is -1.07. The number of hydrogen-bond donors (Lipinski definition) is 1. The fourth-order valence-corrected chi connectivity index (χ4v) is 2.62. The second-order valence-corrected chi connectivity index (χ2v) is 7.82. The number of rotatable bonds is 7. The van der Waals surface area contributed by atoms with Gasteiger partial charge in [-0.25, -0.2) is 8.42 Å². The average Bonchev–Trinajstić information content (AvgIpc) is 2.13. The minimum atomic E-state index is -2.92. The molecule has 0 aliphatic heterocycles. The first kappa shape index (κ1) is 16.9. The largest absolute Gasteiger partial charge is 0.376 e. The van der Waals surface area contributed by atoms with Crippen molar-refractivity contribution in [1.82, 2.24) is 5.32 Å². The monoisotopic (exact) mass is 265 g/mol. The molecule has 0 radical (unpaired) electrons. The van der Waals surface area contributed by atoms with Crippen LogP contribution in [-0.4, -0.2) is 46.2 Å². The Morgan fingerprint density at radius 1 is 1.29 bits per heavy atom. The van der Waals surface area contributed by atoms with E-state index in [0.717, 1.165) is 0 Å². The zero-order valence-corrected chi connectivity index (χ0v) is 12.7. The van der Waals surface area contributed by atoms with Crippen LogP contribution in [0.3, 0.4) is 0 Å². The van der Waals surface area contributed by atoms with Crippen molar-refractivity contribution in [3.63, 3.8) is 0 Å². The van der Waals surface area contributed by atoms with Gasteiger partial charge in [0.05, 0.1) is 11.9 Å². The summed E-state index contributed by atoms with van der Waals surface area (Å²) in [6.45, 7) is 8.93. The summed E-state index contributed by atoms with van der Waals surface area (Å²) in [5.41, 5.74) is -0.0127. The summed E-state index contributed by atoms with van der Waals surface area (Å²) in [6, 6.07) is 0.0599. The maximum Gasteiger partial charge on any atom is 0.147 e. The fourth-order valence-electron chi connectivity index (χ4n) is 1.94. The van der Waals surface area contributed by atoms with Gasteiger partial charge >= 0.3 is 0 Å². The Bertz CT molecular complexity index is 306. The van der Waals surface area contributed by atoms with Gasteiger partial charge in [-0.3, -0.25) is 0 Å². The lowest BCUT2D eigenvalue weighted by Crippen LogP contribution is -2.47. The van der Waals surface area contributed by atoms with Gasteiger partial charge in [0.15, 0.2) is 0 Å². The lowest BCUT2D eigenvalue weighted by Gasteiger charge is -2.36. The normalized spacial score (nSPS) is 16.8. The molecule has 0 aliphatic rings. The van der Waals surface area contributed by atoms with Gasteiger partial charge in [-0.1, -0.05) is 20.8 Å². The molecule has 0 saturated carbocycles. The smallest absolute Gasteiger partial charge is 0.147 e. The molecule has 17 heavy (non-hydrogen) atoms. The van der Waals surface area contributed by atoms with Gasteiger partial charge < -0.3 is 10.1 Å². The Morgan fingerprint density at radius 2 is 1.82 bits per heavy atom. The van der Waals surface area contributed by atoms with Gasteiger partial charge in [-0.05, 0) is 25.8 Å². The summed E-state index contributed by atoms with van der Waals surface area (Å²) in [5, 5.41) is 3.18. The molecule has 0 saturated heterocycles. The predicted octanol–water partition coefficient (Wildman–Crippen LogP) is 1.46. The Hall–Kier alpha value is -0.130. The molecule has 0 aromatic heterocycles. The van der Waals surface area contributed by atoms with Crippen molar-refractivity contribution in [3.8, 4) is 0 Å². The molecule has 2 unspecified atom stereocenters. The second-order valence-electron chi connectivity index (χ2n) is 5.56. The minimum absolute atomic E-state index is 0.0127. The fraction of sp³-hybridized carbons (Fsp3) is 1.00. The maximum atomic E-state index is 11.2. The highest BCUT2D eigenvalue weighted by molar-refractivity contribution is 7.90. The van der Waals surface area contributed by atoms with Gasteiger partial charge in [-0.15, -0.1) is 0 Å². The van der Waals surface area contributed by atoms with Crippen molar-refractivity contribution in [2.24, 2.45) is 5.41 Å². The Balaban J connectivity index is 4.68. The van der Waals surface area contributed by atoms with E-state index in [0.29, 0.717) is 13.0 Å². The van der Waals surface area contributed by atoms with E-state index in [2.05, 4.69) is 26.1 Å². The van der Waals surface area contributed by atoms with E-state index in [-0.39, 0.29) is 23.3 Å². The van der Waals surface area contributed by atoms with Crippen molar-refractivity contribution in [2.75, 3.05) is 25.7 Å². The second kappa shape index (κ2) is 6.71. The Morgan fingerprint density at radius 3 is 2.12 bits per heavy atom. The molecule has 0 spiro atoms. The quantitative estimate of drug-likeness (QED) is 0.757. The molecule has 1 N–H and O–H groups in total. The van der Waals surface area contributed by atoms with Crippen LogP contribution in [0.2, 0.25) is 0 Å². The topological polar surface area (TPSA) is 55.4 Å². The standard InChI is InChI=1S/C12H27NO3S/c1-7-16-11(12(2,3)4)10(13-5)8-9-17(6,14)15/h10-11,13H,7-9H2,1-6H3. The number of ether oxygens (including phenoxy) is 1. The highest BCUT2D eigenvalue weighted by Crippen LogP contribution is 2.26. The average molecular weight is 265 g/mol. The van der Waals surface area contributed by atoms with Crippen LogP contribution in [0, 0.1) is 5.41 Å². The summed E-state index contributed by atoms with van der Waals surface area (Å²) in [5.74, 6) is 0.193. The highest BCUT2D eigenvalue weighted by Gasteiger charge is 2.32. The molecular formula is C12H27NO3S. The van der Waals surface area contributed by atoms with Crippen LogP contribution >= 0.6 is 0 Å². The summed E-state index contributed by atoms with van der Waals surface area (Å²) in [6.07, 6.45) is 1.86. The first-order valence-corrected chi connectivity index (χ1v) is 8.14. The Labute approximate surface area is 106 Å². The van der Waals surface area contributed by atoms with Crippen molar-refractivity contribution >= 4 is 9.84 Å². The summed E-state index contributed by atoms with van der Waals surface area (Å²) >= 11 is 0. The molecule has 0 aromatic rings. The van der Waals surface area contributed by atoms with E-state index in [1.54, 1.807) is 0 Å². The maximum absolute atomic E-state index is 11.2. The van der Waals surface area contributed by atoms with Gasteiger partial charge in [0, 0.05) is 18.9 Å². The Kier molecular flexibility index (Phi) is 6.66. The molecular weight excluding hydrogens is 238 g/mol. The third kappa shape index (κ3) is 7.01. The third-order valence-electron chi connectivity index (χ3n) is 2.74. The summed E-state index contributed by atoms with van der Waals surface area (Å²) in [4.78, 5) is 0. The molecule has 0 aromatic carbocycles. The SMILES string of the molecule is CCOC(C(CCS(C)(=O)=O)NC)C(C)(C)C. The van der Waals surface area contributed by atoms with E-state index in [9.17, 15) is 8.42 Å². The molecule has 0 fully saturated rings. The van der Waals surface area contributed by atoms with Crippen LogP contribution in [-0.2, 0) is 14.6 Å². The van der Waals surface area contributed by atoms with Gasteiger partial charge in [0.2, 0.25) is 0 Å². The number of hydrogen-bond acceptors (Lipinski definition) is 4. The summed E-state index contributed by atoms with van der Waals surface area (Å²) < 4.78 is 28.2. The van der Waals surface area contributed by atoms with E-state index in [1.807, 2.05) is 14.0 Å². The lowest BCUT2D eigenvalue weighted by atomic mass is 9.83. The van der Waals surface area contributed by atoms with Gasteiger partial charge in [-0.2, -0.15) is 0 Å². The zero-order valence-electron chi connectivity index (χ0n) is 11.9. The van der Waals surface area contributed by atoms with Crippen LogP contribution in [0.15, 0.2) is 0 Å². The van der Waals surface area contributed by atoms with E-state index in [1.165, 1.54) is 6.26 Å². The predicted molar refractivity (Wildman–Crippen MR) is 72.0 cm³/mol. The first-order valence-electron chi connectivity index (χ1n) is 6.08. The molecule has 0 heterocycles. The lowest BCUT2D eigenvalue weighted by molar-refractivity contribution is -0.0347. The highest BCUT2D eigenvalue weighted by atomic mass is 32.2. The molecule has 0 rings (SSSR count). The molecule has 5 heteroatoms. The van der Waals surface area contributed by atoms with E-state index in [4.69, 9.17) is 4.74 Å². The molecule has 0 bridgehead atoms. The van der Waals surface area contributed by atoms with Crippen molar-refractivity contribution < 1.29 is 13.2 Å². The molecule has 0 amide bonds. The van der Waals surface area contributed by atoms with Crippen molar-refractivity contribution in [3.05, 3.63) is 0 Å². The third-order valence-corrected chi connectivity index (χ3v) is 3.71. The molecule has 0 aliphatic carbocycles. The van der Waals surface area contributed by atoms with Crippen molar-refractivity contribution in [1.29, 1.82) is 0 Å². The first-order chi connectivity index (χ1) is 7.61. The molecule has 2 atom stereocenters. The van der Waals surface area contributed by atoms with Crippen LogP contribution in [0.1, 0.15) is 34.1 Å². The zero-order chi connectivity index (χ0) is 13.7. The van der Waals surface area contributed by atoms with Crippen molar-refractivity contribution in [2.45, 2.75) is 46.3 Å². The van der Waals surface area contributed by atoms with Crippen LogP contribution in [0.25, 0.3) is 0 Å². The molecule has 104 valence electrons. The van der Waals surface area contributed by atoms with Crippen LogP contribution < -0.4 is 5.32 Å². The molecule has 4 nitrogen and oxygen atoms in total. The van der Waals surface area contributed by atoms with Crippen LogP contribution in [0.4, 0.5) is 0 Å². The van der Waals surface area contributed by atoms with Gasteiger partial charge in [0.1, 0.15) is 9.84 Å². The van der Waals surface area contributed by atoms with E-state index >= 15 is 0 Å². The van der Waals surface area contributed by atoms with Gasteiger partial charge in [0.25, 0.3) is 0 Å². The number of likely N-dealkylation sites (N-methyl/N-ethyl adjacent to an activating group) is 1. The number of nitrogens with one attached hydrogen (secondary N) is 1. The van der Waals surface area contributed by atoms with E-state index < -0.39 is 9.84 Å².